The van der Waals surface area contributed by atoms with E-state index in [1.54, 1.807) is 37.6 Å². The highest BCUT2D eigenvalue weighted by atomic mass is 32.2. The lowest BCUT2D eigenvalue weighted by Crippen LogP contribution is -2.08. The summed E-state index contributed by atoms with van der Waals surface area (Å²) in [4.78, 5) is 21.3. The molecule has 4 heterocycles. The zero-order chi connectivity index (χ0) is 20.4. The molecule has 0 unspecified atom stereocenters. The van der Waals surface area contributed by atoms with Crippen molar-refractivity contribution in [3.8, 4) is 28.7 Å². The van der Waals surface area contributed by atoms with Gasteiger partial charge in [0.2, 0.25) is 5.82 Å². The lowest BCUT2D eigenvalue weighted by atomic mass is 10.2. The Kier molecular flexibility index (Phi) is 4.85. The predicted molar refractivity (Wildman–Crippen MR) is 106 cm³/mol. The molecule has 0 radical (unpaired) electrons. The van der Waals surface area contributed by atoms with Crippen LogP contribution >= 0.6 is 0 Å². The molecule has 10 heteroatoms. The molecule has 0 saturated carbocycles. The zero-order valence-corrected chi connectivity index (χ0v) is 16.6. The summed E-state index contributed by atoms with van der Waals surface area (Å²) in [5.41, 5.74) is 1.70. The SMILES string of the molecule is CCS(=O)(=O)c1cc(-c2ncccn2)cnc1-c1ncn(-c2ccc(C)cn2)n1. The zero-order valence-electron chi connectivity index (χ0n) is 15.8. The van der Waals surface area contributed by atoms with Gasteiger partial charge < -0.3 is 0 Å². The molecule has 0 fully saturated rings. The van der Waals surface area contributed by atoms with Crippen LogP contribution in [-0.2, 0) is 9.84 Å². The number of aromatic nitrogens is 7. The van der Waals surface area contributed by atoms with Crippen LogP contribution in [0.2, 0.25) is 0 Å². The van der Waals surface area contributed by atoms with Crippen LogP contribution in [0.1, 0.15) is 12.5 Å². The quantitative estimate of drug-likeness (QED) is 0.495. The topological polar surface area (TPSA) is 116 Å². The van der Waals surface area contributed by atoms with Crippen molar-refractivity contribution in [2.75, 3.05) is 5.75 Å². The maximum Gasteiger partial charge on any atom is 0.201 e. The van der Waals surface area contributed by atoms with Crippen molar-refractivity contribution in [3.05, 3.63) is 60.9 Å². The van der Waals surface area contributed by atoms with Gasteiger partial charge in [0.1, 0.15) is 12.0 Å². The van der Waals surface area contributed by atoms with Crippen LogP contribution in [0.25, 0.3) is 28.7 Å². The smallest absolute Gasteiger partial charge is 0.201 e. The van der Waals surface area contributed by atoms with Gasteiger partial charge in [0.25, 0.3) is 0 Å². The molecule has 0 amide bonds. The van der Waals surface area contributed by atoms with Gasteiger partial charge in [0, 0.05) is 30.4 Å². The van der Waals surface area contributed by atoms with Crippen molar-refractivity contribution in [1.29, 1.82) is 0 Å². The number of nitrogens with zero attached hydrogens (tertiary/aromatic N) is 7. The van der Waals surface area contributed by atoms with Gasteiger partial charge in [-0.1, -0.05) is 13.0 Å². The summed E-state index contributed by atoms with van der Waals surface area (Å²) < 4.78 is 27.0. The Hall–Kier alpha value is -3.53. The Labute approximate surface area is 167 Å². The summed E-state index contributed by atoms with van der Waals surface area (Å²) in [5.74, 6) is 1.08. The molecule has 9 nitrogen and oxygen atoms in total. The summed E-state index contributed by atoms with van der Waals surface area (Å²) in [6, 6.07) is 6.91. The van der Waals surface area contributed by atoms with Crippen molar-refractivity contribution in [2.45, 2.75) is 18.7 Å². The van der Waals surface area contributed by atoms with E-state index in [0.717, 1.165) is 5.56 Å². The number of sulfone groups is 1. The lowest BCUT2D eigenvalue weighted by molar-refractivity contribution is 0.597. The average molecular weight is 407 g/mol. The number of aryl methyl sites for hydroxylation is 1. The van der Waals surface area contributed by atoms with Crippen molar-refractivity contribution in [1.82, 2.24) is 34.7 Å². The Morgan fingerprint density at radius 2 is 1.76 bits per heavy atom. The Morgan fingerprint density at radius 3 is 2.45 bits per heavy atom. The fourth-order valence-electron chi connectivity index (χ4n) is 2.65. The fraction of sp³-hybridized carbons (Fsp3) is 0.158. The van der Waals surface area contributed by atoms with Gasteiger partial charge in [0.05, 0.1) is 10.6 Å². The second-order valence-electron chi connectivity index (χ2n) is 6.25. The van der Waals surface area contributed by atoms with Crippen molar-refractivity contribution >= 4 is 9.84 Å². The van der Waals surface area contributed by atoms with E-state index in [-0.39, 0.29) is 22.2 Å². The monoisotopic (exact) mass is 407 g/mol. The second-order valence-corrected chi connectivity index (χ2v) is 8.50. The average Bonchev–Trinajstić information content (AvgIpc) is 3.24. The number of rotatable bonds is 5. The van der Waals surface area contributed by atoms with Crippen LogP contribution in [0.4, 0.5) is 0 Å². The number of hydrogen-bond donors (Lipinski definition) is 0. The molecule has 0 aliphatic carbocycles. The van der Waals surface area contributed by atoms with Crippen molar-refractivity contribution in [3.63, 3.8) is 0 Å². The minimum absolute atomic E-state index is 0.0413. The first-order valence-corrected chi connectivity index (χ1v) is 10.5. The van der Waals surface area contributed by atoms with Crippen LogP contribution in [0, 0.1) is 6.92 Å². The van der Waals surface area contributed by atoms with Crippen LogP contribution in [0.5, 0.6) is 0 Å². The highest BCUT2D eigenvalue weighted by Crippen LogP contribution is 2.27. The molecule has 0 aliphatic rings. The normalized spacial score (nSPS) is 11.5. The van der Waals surface area contributed by atoms with Gasteiger partial charge in [-0.25, -0.2) is 33.0 Å². The molecule has 0 aromatic carbocycles. The highest BCUT2D eigenvalue weighted by molar-refractivity contribution is 7.91. The lowest BCUT2D eigenvalue weighted by Gasteiger charge is -2.08. The molecular weight excluding hydrogens is 390 g/mol. The van der Waals surface area contributed by atoms with Crippen LogP contribution in [0.15, 0.2) is 60.3 Å². The largest absolute Gasteiger partial charge is 0.251 e. The molecule has 0 N–H and O–H groups in total. The summed E-state index contributed by atoms with van der Waals surface area (Å²) >= 11 is 0. The van der Waals surface area contributed by atoms with Gasteiger partial charge in [-0.3, -0.25) is 4.98 Å². The highest BCUT2D eigenvalue weighted by Gasteiger charge is 2.23. The summed E-state index contributed by atoms with van der Waals surface area (Å²) in [6.45, 7) is 3.51. The molecule has 0 atom stereocenters. The van der Waals surface area contributed by atoms with Gasteiger partial charge in [-0.05, 0) is 30.7 Å². The van der Waals surface area contributed by atoms with Crippen LogP contribution in [0.3, 0.4) is 0 Å². The Morgan fingerprint density at radius 1 is 0.966 bits per heavy atom. The molecule has 0 bridgehead atoms. The van der Waals surface area contributed by atoms with E-state index >= 15 is 0 Å². The van der Waals surface area contributed by atoms with E-state index in [2.05, 4.69) is 30.0 Å². The molecule has 4 aromatic heterocycles. The predicted octanol–water partition coefficient (Wildman–Crippen LogP) is 2.28. The summed E-state index contributed by atoms with van der Waals surface area (Å²) in [5, 5.41) is 4.38. The maximum atomic E-state index is 12.7. The van der Waals surface area contributed by atoms with E-state index in [0.29, 0.717) is 17.2 Å². The second kappa shape index (κ2) is 7.47. The first kappa shape index (κ1) is 18.8. The standard InChI is InChI=1S/C19H17N7O2S/c1-3-29(27,28)15-9-14(18-20-7-4-8-21-18)11-23-17(15)19-24-12-26(25-19)16-6-5-13(2)10-22-16/h4-12H,3H2,1-2H3. The van der Waals surface area contributed by atoms with E-state index in [4.69, 9.17) is 0 Å². The van der Waals surface area contributed by atoms with Gasteiger partial charge in [0.15, 0.2) is 21.5 Å². The third-order valence-electron chi connectivity index (χ3n) is 4.23. The number of pyridine rings is 2. The Balaban J connectivity index is 1.82. The first-order chi connectivity index (χ1) is 14.0. The minimum atomic E-state index is -3.59. The Bertz CT molecular complexity index is 1250. The summed E-state index contributed by atoms with van der Waals surface area (Å²) in [7, 11) is -3.59. The van der Waals surface area contributed by atoms with Crippen molar-refractivity contribution in [2.24, 2.45) is 0 Å². The van der Waals surface area contributed by atoms with Crippen molar-refractivity contribution < 1.29 is 8.42 Å². The van der Waals surface area contributed by atoms with E-state index in [1.165, 1.54) is 23.3 Å². The third-order valence-corrected chi connectivity index (χ3v) is 5.97. The molecular formula is C19H17N7O2S. The molecule has 4 rings (SSSR count). The summed E-state index contributed by atoms with van der Waals surface area (Å²) in [6.07, 6.45) is 7.88. The number of hydrogen-bond acceptors (Lipinski definition) is 8. The van der Waals surface area contributed by atoms with Crippen LogP contribution in [-0.4, -0.2) is 48.9 Å². The fourth-order valence-corrected chi connectivity index (χ4v) is 3.71. The first-order valence-electron chi connectivity index (χ1n) is 8.83. The van der Waals surface area contributed by atoms with E-state index in [1.807, 2.05) is 13.0 Å². The molecule has 0 aliphatic heterocycles. The molecule has 146 valence electrons. The molecule has 4 aromatic rings. The maximum absolute atomic E-state index is 12.7. The third kappa shape index (κ3) is 3.74. The van der Waals surface area contributed by atoms with Gasteiger partial charge in [-0.15, -0.1) is 5.10 Å². The van der Waals surface area contributed by atoms with E-state index in [9.17, 15) is 8.42 Å². The van der Waals surface area contributed by atoms with E-state index < -0.39 is 9.84 Å². The molecule has 29 heavy (non-hydrogen) atoms. The van der Waals surface area contributed by atoms with Gasteiger partial charge >= 0.3 is 0 Å². The minimum Gasteiger partial charge on any atom is -0.251 e. The molecule has 0 saturated heterocycles. The van der Waals surface area contributed by atoms with Crippen LogP contribution < -0.4 is 0 Å². The van der Waals surface area contributed by atoms with Gasteiger partial charge in [-0.2, -0.15) is 0 Å². The molecule has 0 spiro atoms.